The number of halogens is 1. The van der Waals surface area contributed by atoms with E-state index in [2.05, 4.69) is 4.98 Å². The molecular formula is C10H6ClNO2S. The van der Waals surface area contributed by atoms with Crippen LogP contribution in [0.25, 0.3) is 11.3 Å². The highest BCUT2D eigenvalue weighted by molar-refractivity contribution is 7.13. The van der Waals surface area contributed by atoms with Gasteiger partial charge < -0.3 is 5.11 Å². The van der Waals surface area contributed by atoms with Crippen molar-refractivity contribution in [2.45, 2.75) is 0 Å². The summed E-state index contributed by atoms with van der Waals surface area (Å²) in [6.45, 7) is 0. The van der Waals surface area contributed by atoms with Crippen LogP contribution >= 0.6 is 22.9 Å². The molecule has 0 aliphatic heterocycles. The zero-order valence-corrected chi connectivity index (χ0v) is 9.05. The van der Waals surface area contributed by atoms with Crippen molar-refractivity contribution < 1.29 is 9.90 Å². The van der Waals surface area contributed by atoms with Crippen LogP contribution in [0.2, 0.25) is 0 Å². The maximum atomic E-state index is 10.8. The molecule has 0 saturated heterocycles. The van der Waals surface area contributed by atoms with Crippen LogP contribution in [0.1, 0.15) is 9.80 Å². The monoisotopic (exact) mass is 239 g/mol. The minimum Gasteiger partial charge on any atom is -0.507 e. The summed E-state index contributed by atoms with van der Waals surface area (Å²) in [4.78, 5) is 14.8. The minimum atomic E-state index is -0.582. The van der Waals surface area contributed by atoms with E-state index in [-0.39, 0.29) is 10.8 Å². The summed E-state index contributed by atoms with van der Waals surface area (Å²) in [5, 5.41) is 10.9. The lowest BCUT2D eigenvalue weighted by Gasteiger charge is -1.98. The van der Waals surface area contributed by atoms with E-state index in [0.29, 0.717) is 11.3 Å². The predicted molar refractivity (Wildman–Crippen MR) is 59.4 cm³/mol. The highest BCUT2D eigenvalue weighted by Crippen LogP contribution is 2.29. The number of benzene rings is 1. The van der Waals surface area contributed by atoms with Crippen LogP contribution in [-0.4, -0.2) is 15.3 Å². The van der Waals surface area contributed by atoms with Gasteiger partial charge in [0.15, 0.2) is 5.01 Å². The van der Waals surface area contributed by atoms with Crippen LogP contribution < -0.4 is 0 Å². The molecule has 0 aliphatic carbocycles. The lowest BCUT2D eigenvalue weighted by atomic mass is 10.1. The molecule has 0 fully saturated rings. The average molecular weight is 240 g/mol. The van der Waals surface area contributed by atoms with Crippen LogP contribution in [0.5, 0.6) is 5.75 Å². The third kappa shape index (κ3) is 2.00. The molecule has 0 aliphatic rings. The third-order valence-electron chi connectivity index (χ3n) is 1.85. The van der Waals surface area contributed by atoms with Crippen molar-refractivity contribution in [3.8, 4) is 17.0 Å². The van der Waals surface area contributed by atoms with E-state index in [1.54, 1.807) is 29.6 Å². The first-order valence-electron chi connectivity index (χ1n) is 4.12. The van der Waals surface area contributed by atoms with Gasteiger partial charge in [0.05, 0.1) is 5.69 Å². The Bertz CT molecular complexity index is 510. The number of para-hydroxylation sites is 1. The first-order valence-corrected chi connectivity index (χ1v) is 5.38. The molecule has 1 aromatic heterocycles. The van der Waals surface area contributed by atoms with E-state index in [1.807, 2.05) is 0 Å². The van der Waals surface area contributed by atoms with E-state index in [0.717, 1.165) is 11.3 Å². The minimum absolute atomic E-state index is 0.136. The standard InChI is InChI=1S/C10H6ClNO2S/c11-9(14)10-12-7(5-15-10)6-3-1-2-4-8(6)13/h1-5,13H. The highest BCUT2D eigenvalue weighted by atomic mass is 35.5. The molecule has 5 heteroatoms. The molecule has 76 valence electrons. The zero-order chi connectivity index (χ0) is 10.8. The lowest BCUT2D eigenvalue weighted by Crippen LogP contribution is -1.86. The molecule has 0 amide bonds. The number of nitrogens with zero attached hydrogens (tertiary/aromatic N) is 1. The number of phenols is 1. The lowest BCUT2D eigenvalue weighted by molar-refractivity contribution is 0.108. The van der Waals surface area contributed by atoms with Crippen LogP contribution in [0.15, 0.2) is 29.6 Å². The van der Waals surface area contributed by atoms with Gasteiger partial charge in [-0.1, -0.05) is 12.1 Å². The summed E-state index contributed by atoms with van der Waals surface area (Å²) < 4.78 is 0. The number of phenolic OH excluding ortho intramolecular Hbond substituents is 1. The molecule has 1 N–H and O–H groups in total. The third-order valence-corrected chi connectivity index (χ3v) is 2.98. The summed E-state index contributed by atoms with van der Waals surface area (Å²) >= 11 is 6.45. The molecule has 0 saturated carbocycles. The Kier molecular flexibility index (Phi) is 2.70. The molecule has 1 heterocycles. The van der Waals surface area contributed by atoms with E-state index < -0.39 is 5.24 Å². The molecule has 3 nitrogen and oxygen atoms in total. The molecule has 0 bridgehead atoms. The quantitative estimate of drug-likeness (QED) is 0.820. The number of thiazole rings is 1. The number of hydrogen-bond acceptors (Lipinski definition) is 4. The van der Waals surface area contributed by atoms with Gasteiger partial charge in [-0.05, 0) is 23.7 Å². The van der Waals surface area contributed by atoms with Crippen molar-refractivity contribution in [1.29, 1.82) is 0 Å². The summed E-state index contributed by atoms with van der Waals surface area (Å²) in [7, 11) is 0. The number of carbonyl (C=O) groups is 1. The number of rotatable bonds is 2. The molecule has 2 aromatic rings. The molecule has 0 atom stereocenters. The molecule has 15 heavy (non-hydrogen) atoms. The average Bonchev–Trinajstić information content (AvgIpc) is 2.67. The first kappa shape index (κ1) is 10.1. The van der Waals surface area contributed by atoms with Gasteiger partial charge in [0.2, 0.25) is 0 Å². The smallest absolute Gasteiger partial charge is 0.281 e. The maximum Gasteiger partial charge on any atom is 0.281 e. The van der Waals surface area contributed by atoms with Gasteiger partial charge in [0, 0.05) is 10.9 Å². The molecule has 0 unspecified atom stereocenters. The first-order chi connectivity index (χ1) is 7.18. The Labute approximate surface area is 95.0 Å². The molecular weight excluding hydrogens is 234 g/mol. The van der Waals surface area contributed by atoms with Gasteiger partial charge in [0.1, 0.15) is 5.75 Å². The van der Waals surface area contributed by atoms with E-state index in [9.17, 15) is 9.90 Å². The summed E-state index contributed by atoms with van der Waals surface area (Å²) in [6, 6.07) is 6.80. The summed E-state index contributed by atoms with van der Waals surface area (Å²) in [6.07, 6.45) is 0. The number of aromatic nitrogens is 1. The Morgan fingerprint density at radius 1 is 1.40 bits per heavy atom. The second-order valence-electron chi connectivity index (χ2n) is 2.83. The van der Waals surface area contributed by atoms with Crippen molar-refractivity contribution in [1.82, 2.24) is 4.98 Å². The van der Waals surface area contributed by atoms with Crippen LogP contribution in [0.4, 0.5) is 0 Å². The summed E-state index contributed by atoms with van der Waals surface area (Å²) in [5.74, 6) is 0.136. The highest BCUT2D eigenvalue weighted by Gasteiger charge is 2.11. The second-order valence-corrected chi connectivity index (χ2v) is 4.03. The molecule has 2 rings (SSSR count). The van der Waals surface area contributed by atoms with Crippen molar-refractivity contribution in [2.75, 3.05) is 0 Å². The van der Waals surface area contributed by atoms with E-state index in [1.165, 1.54) is 0 Å². The fourth-order valence-electron chi connectivity index (χ4n) is 1.18. The van der Waals surface area contributed by atoms with Crippen molar-refractivity contribution in [2.24, 2.45) is 0 Å². The zero-order valence-electron chi connectivity index (χ0n) is 7.48. The van der Waals surface area contributed by atoms with E-state index in [4.69, 9.17) is 11.6 Å². The molecule has 0 spiro atoms. The largest absolute Gasteiger partial charge is 0.507 e. The Hall–Kier alpha value is -1.39. The molecule has 1 aromatic carbocycles. The fourth-order valence-corrected chi connectivity index (χ4v) is 2.00. The van der Waals surface area contributed by atoms with Crippen LogP contribution in [-0.2, 0) is 0 Å². The van der Waals surface area contributed by atoms with Gasteiger partial charge in [0.25, 0.3) is 5.24 Å². The Morgan fingerprint density at radius 3 is 2.73 bits per heavy atom. The van der Waals surface area contributed by atoms with Crippen molar-refractivity contribution in [3.63, 3.8) is 0 Å². The number of hydrogen-bond donors (Lipinski definition) is 1. The topological polar surface area (TPSA) is 50.2 Å². The number of carbonyl (C=O) groups excluding carboxylic acids is 1. The molecule has 0 radical (unpaired) electrons. The summed E-state index contributed by atoms with van der Waals surface area (Å²) in [5.41, 5.74) is 1.15. The number of aromatic hydroxyl groups is 1. The van der Waals surface area contributed by atoms with Crippen molar-refractivity contribution >= 4 is 28.2 Å². The maximum absolute atomic E-state index is 10.8. The van der Waals surface area contributed by atoms with E-state index >= 15 is 0 Å². The van der Waals surface area contributed by atoms with Crippen LogP contribution in [0, 0.1) is 0 Å². The van der Waals surface area contributed by atoms with Gasteiger partial charge >= 0.3 is 0 Å². The normalized spacial score (nSPS) is 10.2. The van der Waals surface area contributed by atoms with Crippen LogP contribution in [0.3, 0.4) is 0 Å². The van der Waals surface area contributed by atoms with Crippen molar-refractivity contribution in [3.05, 3.63) is 34.7 Å². The predicted octanol–water partition coefficient (Wildman–Crippen LogP) is 2.89. The van der Waals surface area contributed by atoms with Gasteiger partial charge in [-0.2, -0.15) is 0 Å². The van der Waals surface area contributed by atoms with Gasteiger partial charge in [-0.3, -0.25) is 4.79 Å². The van der Waals surface area contributed by atoms with Gasteiger partial charge in [-0.25, -0.2) is 4.98 Å². The second kappa shape index (κ2) is 4.00. The van der Waals surface area contributed by atoms with Gasteiger partial charge in [-0.15, -0.1) is 11.3 Å². The Balaban J connectivity index is 2.46. The Morgan fingerprint density at radius 2 is 2.13 bits per heavy atom. The SMILES string of the molecule is O=C(Cl)c1nc(-c2ccccc2O)cs1. The fraction of sp³-hybridized carbons (Fsp3) is 0.